The van der Waals surface area contributed by atoms with Gasteiger partial charge in [-0.2, -0.15) is 0 Å². The number of hydrogen-bond acceptors (Lipinski definition) is 4. The molecule has 0 radical (unpaired) electrons. The molecule has 0 unspecified atom stereocenters. The molecular formula is C40H43N3O3. The van der Waals surface area contributed by atoms with Crippen molar-refractivity contribution in [1.29, 1.82) is 0 Å². The zero-order chi connectivity index (χ0) is 32.4. The fourth-order valence-corrected chi connectivity index (χ4v) is 6.83. The fourth-order valence-electron chi connectivity index (χ4n) is 6.83. The Hall–Kier alpha value is -4.84. The van der Waals surface area contributed by atoms with E-state index in [4.69, 9.17) is 9.72 Å². The van der Waals surface area contributed by atoms with Crippen LogP contribution in [0.25, 0.3) is 33.5 Å². The molecule has 1 N–H and O–H groups in total. The number of carbonyl (C=O) groups is 1. The molecule has 4 aromatic carbocycles. The summed E-state index contributed by atoms with van der Waals surface area (Å²) >= 11 is 0. The van der Waals surface area contributed by atoms with E-state index in [9.17, 15) is 9.90 Å². The highest BCUT2D eigenvalue weighted by Gasteiger charge is 2.23. The van der Waals surface area contributed by atoms with Crippen LogP contribution in [0.4, 0.5) is 5.69 Å². The van der Waals surface area contributed by atoms with Crippen molar-refractivity contribution in [2.45, 2.75) is 78.5 Å². The first-order valence-corrected chi connectivity index (χ1v) is 16.3. The molecule has 236 valence electrons. The number of ether oxygens (including phenoxy) is 1. The van der Waals surface area contributed by atoms with Gasteiger partial charge in [0.2, 0.25) is 0 Å². The van der Waals surface area contributed by atoms with Crippen LogP contribution in [-0.2, 0) is 6.61 Å². The summed E-state index contributed by atoms with van der Waals surface area (Å²) < 4.78 is 8.77. The zero-order valence-electron chi connectivity index (χ0n) is 27.3. The minimum absolute atomic E-state index is 0.255. The first-order chi connectivity index (χ1) is 22.2. The molecule has 1 saturated carbocycles. The Labute approximate surface area is 272 Å². The summed E-state index contributed by atoms with van der Waals surface area (Å²) in [6.45, 7) is 13.1. The number of imidazole rings is 1. The van der Waals surface area contributed by atoms with Gasteiger partial charge < -0.3 is 19.3 Å². The summed E-state index contributed by atoms with van der Waals surface area (Å²) in [5.41, 5.74) is 9.68. The number of anilines is 1. The van der Waals surface area contributed by atoms with E-state index in [1.165, 1.54) is 24.8 Å². The quantitative estimate of drug-likeness (QED) is 0.170. The van der Waals surface area contributed by atoms with Gasteiger partial charge in [-0.05, 0) is 112 Å². The number of aromatic nitrogens is 2. The van der Waals surface area contributed by atoms with Gasteiger partial charge >= 0.3 is 5.97 Å². The lowest BCUT2D eigenvalue weighted by atomic mass is 9.95. The van der Waals surface area contributed by atoms with Crippen LogP contribution < -0.4 is 9.64 Å². The summed E-state index contributed by atoms with van der Waals surface area (Å²) in [4.78, 5) is 18.9. The third-order valence-electron chi connectivity index (χ3n) is 9.04. The van der Waals surface area contributed by atoms with Gasteiger partial charge in [-0.3, -0.25) is 0 Å². The Kier molecular flexibility index (Phi) is 8.98. The molecule has 0 spiro atoms. The van der Waals surface area contributed by atoms with E-state index in [2.05, 4.69) is 91.4 Å². The van der Waals surface area contributed by atoms with E-state index < -0.39 is 5.97 Å². The van der Waals surface area contributed by atoms with Crippen molar-refractivity contribution >= 4 is 22.7 Å². The van der Waals surface area contributed by atoms with Gasteiger partial charge in [0.1, 0.15) is 18.2 Å². The summed E-state index contributed by atoms with van der Waals surface area (Å²) in [5, 5.41) is 9.58. The van der Waals surface area contributed by atoms with Crippen LogP contribution in [0.15, 0.2) is 97.2 Å². The van der Waals surface area contributed by atoms with Crippen LogP contribution in [0.1, 0.15) is 80.4 Å². The monoisotopic (exact) mass is 613 g/mol. The molecule has 0 bridgehead atoms. The summed E-state index contributed by atoms with van der Waals surface area (Å²) in [6, 6.07) is 29.2. The normalized spacial score (nSPS) is 13.7. The van der Waals surface area contributed by atoms with E-state index in [1.807, 2.05) is 25.1 Å². The molecule has 1 aromatic heterocycles. The maximum atomic E-state index is 11.7. The number of carboxylic acids is 1. The summed E-state index contributed by atoms with van der Waals surface area (Å²) in [6.07, 6.45) is 5.84. The lowest BCUT2D eigenvalue weighted by Crippen LogP contribution is -2.28. The molecule has 6 heteroatoms. The Balaban J connectivity index is 1.31. The van der Waals surface area contributed by atoms with Crippen LogP contribution in [0.5, 0.6) is 5.75 Å². The van der Waals surface area contributed by atoms with Gasteiger partial charge in [0.15, 0.2) is 0 Å². The first-order valence-electron chi connectivity index (χ1n) is 16.3. The van der Waals surface area contributed by atoms with Crippen molar-refractivity contribution in [1.82, 2.24) is 9.55 Å². The van der Waals surface area contributed by atoms with Crippen LogP contribution in [0.3, 0.4) is 0 Å². The molecule has 0 amide bonds. The molecule has 0 saturated heterocycles. The van der Waals surface area contributed by atoms with Gasteiger partial charge in [0.05, 0.1) is 16.6 Å². The number of allylic oxidation sites excluding steroid dienone is 1. The van der Waals surface area contributed by atoms with E-state index in [0.717, 1.165) is 69.1 Å². The van der Waals surface area contributed by atoms with E-state index >= 15 is 0 Å². The van der Waals surface area contributed by atoms with Gasteiger partial charge in [-0.25, -0.2) is 9.78 Å². The smallest absolute Gasteiger partial charge is 0.335 e. The standard InChI is InChI=1S/C40H43N3O3/c1-26(2)42(27(3)4)34-18-21-36(29-13-11-28(5)12-14-29)32(23-34)25-46-35-19-15-30(16-20-35)39-41-37-24-31(40(44)45)17-22-38(37)43(39)33-9-7-6-8-10-33/h11-24,27,33H,1,6-10,25H2,2-5H3,(H,44,45). The molecule has 1 aliphatic carbocycles. The first kappa shape index (κ1) is 31.2. The van der Waals surface area contributed by atoms with E-state index in [0.29, 0.717) is 12.6 Å². The highest BCUT2D eigenvalue weighted by molar-refractivity contribution is 5.93. The molecule has 5 aromatic rings. The second kappa shape index (κ2) is 13.3. The van der Waals surface area contributed by atoms with Crippen molar-refractivity contribution < 1.29 is 14.6 Å². The second-order valence-corrected chi connectivity index (χ2v) is 12.8. The largest absolute Gasteiger partial charge is 0.489 e. The summed E-state index contributed by atoms with van der Waals surface area (Å²) in [5.74, 6) is 0.710. The average Bonchev–Trinajstić information content (AvgIpc) is 3.43. The minimum Gasteiger partial charge on any atom is -0.489 e. The Morgan fingerprint density at radius 1 is 0.957 bits per heavy atom. The Bertz CT molecular complexity index is 1860. The molecule has 6 nitrogen and oxygen atoms in total. The number of benzene rings is 4. The van der Waals surface area contributed by atoms with Crippen molar-refractivity contribution in [2.24, 2.45) is 0 Å². The number of aryl methyl sites for hydroxylation is 1. The Morgan fingerprint density at radius 3 is 2.30 bits per heavy atom. The molecule has 1 aliphatic rings. The molecule has 0 aliphatic heterocycles. The molecule has 46 heavy (non-hydrogen) atoms. The number of fused-ring (bicyclic) bond motifs is 1. The van der Waals surface area contributed by atoms with Crippen molar-refractivity contribution in [3.8, 4) is 28.3 Å². The van der Waals surface area contributed by atoms with Crippen molar-refractivity contribution in [2.75, 3.05) is 4.90 Å². The number of rotatable bonds is 10. The number of carboxylic acid groups (broad SMARTS) is 1. The number of nitrogens with zero attached hydrogens (tertiary/aromatic N) is 3. The van der Waals surface area contributed by atoms with Crippen LogP contribution in [0.2, 0.25) is 0 Å². The molecule has 1 fully saturated rings. The van der Waals surface area contributed by atoms with E-state index in [-0.39, 0.29) is 11.6 Å². The maximum Gasteiger partial charge on any atom is 0.335 e. The lowest BCUT2D eigenvalue weighted by Gasteiger charge is -2.30. The molecule has 0 atom stereocenters. The SMILES string of the molecule is C=C(C)N(c1ccc(-c2ccc(C)cc2)c(COc2ccc(-c3nc4cc(C(=O)O)ccc4n3C3CCCCC3)cc2)c1)C(C)C. The summed E-state index contributed by atoms with van der Waals surface area (Å²) in [7, 11) is 0. The van der Waals surface area contributed by atoms with Crippen molar-refractivity contribution in [3.63, 3.8) is 0 Å². The highest BCUT2D eigenvalue weighted by Crippen LogP contribution is 2.37. The van der Waals surface area contributed by atoms with E-state index in [1.54, 1.807) is 12.1 Å². The van der Waals surface area contributed by atoms with Crippen LogP contribution in [-0.4, -0.2) is 26.7 Å². The van der Waals surface area contributed by atoms with Crippen molar-refractivity contribution in [3.05, 3.63) is 114 Å². The minimum atomic E-state index is -0.940. The topological polar surface area (TPSA) is 67.6 Å². The van der Waals surface area contributed by atoms with Crippen LogP contribution in [0, 0.1) is 6.92 Å². The van der Waals surface area contributed by atoms with Gasteiger partial charge in [0.25, 0.3) is 0 Å². The number of hydrogen-bond donors (Lipinski definition) is 1. The predicted octanol–water partition coefficient (Wildman–Crippen LogP) is 10.2. The molecular weight excluding hydrogens is 570 g/mol. The van der Waals surface area contributed by atoms with Gasteiger partial charge in [-0.15, -0.1) is 0 Å². The zero-order valence-corrected chi connectivity index (χ0v) is 27.3. The number of aromatic carboxylic acids is 1. The lowest BCUT2D eigenvalue weighted by molar-refractivity contribution is 0.0697. The molecule has 6 rings (SSSR count). The highest BCUT2D eigenvalue weighted by atomic mass is 16.5. The maximum absolute atomic E-state index is 11.7. The third-order valence-corrected chi connectivity index (χ3v) is 9.04. The average molecular weight is 614 g/mol. The van der Waals surface area contributed by atoms with Crippen LogP contribution >= 0.6 is 0 Å². The fraction of sp³-hybridized carbons (Fsp3) is 0.300. The Morgan fingerprint density at radius 2 is 1.65 bits per heavy atom. The third kappa shape index (κ3) is 6.43. The van der Waals surface area contributed by atoms with Gasteiger partial charge in [0, 0.05) is 29.0 Å². The predicted molar refractivity (Wildman–Crippen MR) is 188 cm³/mol. The van der Waals surface area contributed by atoms with Gasteiger partial charge in [-0.1, -0.05) is 61.7 Å². The molecule has 1 heterocycles. The second-order valence-electron chi connectivity index (χ2n) is 12.8.